The van der Waals surface area contributed by atoms with Crippen molar-refractivity contribution in [3.63, 3.8) is 0 Å². The minimum Gasteiger partial charge on any atom is -0.357 e. The molecule has 8 nitrogen and oxygen atoms in total. The van der Waals surface area contributed by atoms with Crippen LogP contribution in [-0.2, 0) is 4.79 Å². The molecule has 1 aliphatic rings. The van der Waals surface area contributed by atoms with E-state index in [1.807, 2.05) is 6.92 Å². The summed E-state index contributed by atoms with van der Waals surface area (Å²) in [6, 6.07) is 0. The number of nitrogens with one attached hydrogen (secondary N) is 3. The lowest BCUT2D eigenvalue weighted by Gasteiger charge is -2.26. The van der Waals surface area contributed by atoms with E-state index in [2.05, 4.69) is 35.8 Å². The minimum atomic E-state index is -0.0801. The van der Waals surface area contributed by atoms with E-state index in [4.69, 9.17) is 0 Å². The Morgan fingerprint density at radius 3 is 2.52 bits per heavy atom. The van der Waals surface area contributed by atoms with E-state index in [-0.39, 0.29) is 12.5 Å². The fourth-order valence-corrected chi connectivity index (χ4v) is 2.21. The first-order valence-corrected chi connectivity index (χ1v) is 7.42. The molecule has 0 aromatic carbocycles. The summed E-state index contributed by atoms with van der Waals surface area (Å²) in [6.45, 7) is 4.57. The van der Waals surface area contributed by atoms with Gasteiger partial charge in [0.1, 0.15) is 0 Å². The number of aromatic nitrogens is 3. The number of hydrogen-bond donors (Lipinski definition) is 3. The van der Waals surface area contributed by atoms with E-state index in [0.29, 0.717) is 24.4 Å². The summed E-state index contributed by atoms with van der Waals surface area (Å²) in [5, 5.41) is 8.60. The van der Waals surface area contributed by atoms with E-state index in [1.54, 1.807) is 7.05 Å². The Hall–Kier alpha value is -2.12. The summed E-state index contributed by atoms with van der Waals surface area (Å²) >= 11 is 0. The van der Waals surface area contributed by atoms with Gasteiger partial charge in [0.2, 0.25) is 23.8 Å². The smallest absolute Gasteiger partial charge is 0.239 e. The van der Waals surface area contributed by atoms with Crippen LogP contribution in [0, 0.1) is 0 Å². The van der Waals surface area contributed by atoms with Gasteiger partial charge in [-0.3, -0.25) is 4.79 Å². The van der Waals surface area contributed by atoms with Crippen LogP contribution in [0.15, 0.2) is 0 Å². The van der Waals surface area contributed by atoms with Gasteiger partial charge in [-0.15, -0.1) is 0 Å². The van der Waals surface area contributed by atoms with Gasteiger partial charge in [0.05, 0.1) is 6.54 Å². The quantitative estimate of drug-likeness (QED) is 0.701. The predicted molar refractivity (Wildman–Crippen MR) is 82.6 cm³/mol. The van der Waals surface area contributed by atoms with Gasteiger partial charge in [-0.2, -0.15) is 15.0 Å². The average molecular weight is 293 g/mol. The molecule has 116 valence electrons. The van der Waals surface area contributed by atoms with Gasteiger partial charge in [-0.05, 0) is 26.2 Å². The van der Waals surface area contributed by atoms with Crippen molar-refractivity contribution in [3.8, 4) is 0 Å². The SMILES string of the molecule is CCNC(=O)CNc1nc(NC)nc(N2CCCCC2)n1. The number of anilines is 3. The Labute approximate surface area is 124 Å². The van der Waals surface area contributed by atoms with Crippen molar-refractivity contribution in [2.24, 2.45) is 0 Å². The van der Waals surface area contributed by atoms with Gasteiger partial charge < -0.3 is 20.9 Å². The molecule has 1 amide bonds. The first-order chi connectivity index (χ1) is 10.2. The van der Waals surface area contributed by atoms with Crippen LogP contribution in [0.2, 0.25) is 0 Å². The number of rotatable bonds is 6. The van der Waals surface area contributed by atoms with Crippen molar-refractivity contribution < 1.29 is 4.79 Å². The Morgan fingerprint density at radius 1 is 1.14 bits per heavy atom. The summed E-state index contributed by atoms with van der Waals surface area (Å²) < 4.78 is 0. The molecule has 3 N–H and O–H groups in total. The van der Waals surface area contributed by atoms with Crippen LogP contribution in [-0.4, -0.2) is 54.1 Å². The van der Waals surface area contributed by atoms with Crippen molar-refractivity contribution in [1.82, 2.24) is 20.3 Å². The highest BCUT2D eigenvalue weighted by molar-refractivity contribution is 5.80. The van der Waals surface area contributed by atoms with E-state index < -0.39 is 0 Å². The number of piperidine rings is 1. The second-order valence-electron chi connectivity index (χ2n) is 4.89. The zero-order chi connectivity index (χ0) is 15.1. The third kappa shape index (κ3) is 4.44. The third-order valence-electron chi connectivity index (χ3n) is 3.27. The first-order valence-electron chi connectivity index (χ1n) is 7.42. The lowest BCUT2D eigenvalue weighted by atomic mass is 10.1. The van der Waals surface area contributed by atoms with Crippen LogP contribution in [0.1, 0.15) is 26.2 Å². The maximum Gasteiger partial charge on any atom is 0.239 e. The molecule has 0 aliphatic carbocycles. The summed E-state index contributed by atoms with van der Waals surface area (Å²) in [4.78, 5) is 26.7. The van der Waals surface area contributed by atoms with Crippen LogP contribution < -0.4 is 20.9 Å². The number of carbonyl (C=O) groups is 1. The summed E-state index contributed by atoms with van der Waals surface area (Å²) in [7, 11) is 1.77. The fraction of sp³-hybridized carbons (Fsp3) is 0.692. The standard InChI is InChI=1S/C13H23N7O/c1-3-15-10(21)9-16-12-17-11(14-2)18-13(19-12)20-7-5-4-6-8-20/h3-9H2,1-2H3,(H,15,21)(H2,14,16,17,18,19). The zero-order valence-corrected chi connectivity index (χ0v) is 12.6. The van der Waals surface area contributed by atoms with Crippen molar-refractivity contribution >= 4 is 23.8 Å². The van der Waals surface area contributed by atoms with Crippen LogP contribution in [0.25, 0.3) is 0 Å². The lowest BCUT2D eigenvalue weighted by molar-refractivity contribution is -0.119. The normalized spacial score (nSPS) is 14.7. The van der Waals surface area contributed by atoms with Crippen LogP contribution in [0.4, 0.5) is 17.8 Å². The molecule has 2 rings (SSSR count). The molecule has 1 aromatic heterocycles. The van der Waals surface area contributed by atoms with Gasteiger partial charge >= 0.3 is 0 Å². The molecule has 0 spiro atoms. The third-order valence-corrected chi connectivity index (χ3v) is 3.27. The molecular formula is C13H23N7O. The zero-order valence-electron chi connectivity index (χ0n) is 12.6. The molecule has 0 radical (unpaired) electrons. The molecule has 1 fully saturated rings. The topological polar surface area (TPSA) is 95.1 Å². The maximum absolute atomic E-state index is 11.5. The highest BCUT2D eigenvalue weighted by atomic mass is 16.1. The molecule has 0 unspecified atom stereocenters. The second-order valence-corrected chi connectivity index (χ2v) is 4.89. The molecular weight excluding hydrogens is 270 g/mol. The van der Waals surface area contributed by atoms with Gasteiger partial charge in [-0.25, -0.2) is 0 Å². The van der Waals surface area contributed by atoms with E-state index >= 15 is 0 Å². The molecule has 0 atom stereocenters. The van der Waals surface area contributed by atoms with E-state index in [1.165, 1.54) is 6.42 Å². The van der Waals surface area contributed by atoms with Crippen molar-refractivity contribution in [2.75, 3.05) is 48.8 Å². The lowest BCUT2D eigenvalue weighted by Crippen LogP contribution is -2.32. The van der Waals surface area contributed by atoms with Crippen molar-refractivity contribution in [1.29, 1.82) is 0 Å². The maximum atomic E-state index is 11.5. The minimum absolute atomic E-state index is 0.0801. The molecule has 0 bridgehead atoms. The van der Waals surface area contributed by atoms with Gasteiger partial charge in [0.25, 0.3) is 0 Å². The highest BCUT2D eigenvalue weighted by Crippen LogP contribution is 2.18. The van der Waals surface area contributed by atoms with Gasteiger partial charge in [-0.1, -0.05) is 0 Å². The predicted octanol–water partition coefficient (Wildman–Crippen LogP) is 0.452. The summed E-state index contributed by atoms with van der Waals surface area (Å²) in [5.74, 6) is 1.50. The summed E-state index contributed by atoms with van der Waals surface area (Å²) in [6.07, 6.45) is 3.56. The van der Waals surface area contributed by atoms with E-state index in [0.717, 1.165) is 25.9 Å². The van der Waals surface area contributed by atoms with Crippen molar-refractivity contribution in [2.45, 2.75) is 26.2 Å². The number of hydrogen-bond acceptors (Lipinski definition) is 7. The highest BCUT2D eigenvalue weighted by Gasteiger charge is 2.16. The molecule has 1 saturated heterocycles. The first kappa shape index (κ1) is 15.3. The number of amides is 1. The second kappa shape index (κ2) is 7.61. The van der Waals surface area contributed by atoms with E-state index in [9.17, 15) is 4.79 Å². The van der Waals surface area contributed by atoms with Crippen molar-refractivity contribution in [3.05, 3.63) is 0 Å². The van der Waals surface area contributed by atoms with Crippen LogP contribution >= 0.6 is 0 Å². The summed E-state index contributed by atoms with van der Waals surface area (Å²) in [5.41, 5.74) is 0. The number of nitrogens with zero attached hydrogens (tertiary/aromatic N) is 4. The average Bonchev–Trinajstić information content (AvgIpc) is 2.54. The molecule has 1 aliphatic heterocycles. The number of carbonyl (C=O) groups excluding carboxylic acids is 1. The molecule has 21 heavy (non-hydrogen) atoms. The molecule has 8 heteroatoms. The molecule has 1 aromatic rings. The molecule has 2 heterocycles. The van der Waals surface area contributed by atoms with Gasteiger partial charge in [0.15, 0.2) is 0 Å². The fourth-order valence-electron chi connectivity index (χ4n) is 2.21. The Balaban J connectivity index is 2.07. The van der Waals surface area contributed by atoms with Crippen LogP contribution in [0.5, 0.6) is 0 Å². The monoisotopic (exact) mass is 293 g/mol. The van der Waals surface area contributed by atoms with Crippen LogP contribution in [0.3, 0.4) is 0 Å². The number of likely N-dealkylation sites (N-methyl/N-ethyl adjacent to an activating group) is 1. The largest absolute Gasteiger partial charge is 0.357 e. The Bertz CT molecular complexity index is 474. The van der Waals surface area contributed by atoms with Gasteiger partial charge in [0, 0.05) is 26.7 Å². The Kier molecular flexibility index (Phi) is 5.53. The molecule has 0 saturated carbocycles. The Morgan fingerprint density at radius 2 is 1.86 bits per heavy atom.